The van der Waals surface area contributed by atoms with Gasteiger partial charge in [-0.25, -0.2) is 0 Å². The van der Waals surface area contributed by atoms with Crippen molar-refractivity contribution in [3.8, 4) is 0 Å². The summed E-state index contributed by atoms with van der Waals surface area (Å²) in [5.74, 6) is -0.0910. The zero-order valence-corrected chi connectivity index (χ0v) is 15.2. The summed E-state index contributed by atoms with van der Waals surface area (Å²) in [6.07, 6.45) is 4.86. The van der Waals surface area contributed by atoms with Gasteiger partial charge >= 0.3 is 0 Å². The average Bonchev–Trinajstić information content (AvgIpc) is 2.68. The minimum Gasteiger partial charge on any atom is -0.350 e. The van der Waals surface area contributed by atoms with Crippen LogP contribution in [0.15, 0.2) is 60.7 Å². The first-order valence-electron chi connectivity index (χ1n) is 8.70. The number of likely N-dealkylation sites (tertiary alicyclic amines) is 1. The number of carbonyl (C=O) groups excluding carboxylic acids is 2. The third-order valence-corrected chi connectivity index (χ3v) is 4.70. The van der Waals surface area contributed by atoms with Crippen LogP contribution in [-0.4, -0.2) is 35.8 Å². The van der Waals surface area contributed by atoms with Crippen LogP contribution < -0.4 is 5.32 Å². The Kier molecular flexibility index (Phi) is 6.08. The van der Waals surface area contributed by atoms with Gasteiger partial charge in [-0.15, -0.1) is 0 Å². The molecule has 1 aliphatic heterocycles. The van der Waals surface area contributed by atoms with Crippen LogP contribution in [0.2, 0.25) is 5.02 Å². The Morgan fingerprint density at radius 1 is 1.00 bits per heavy atom. The molecule has 0 aromatic heterocycles. The lowest BCUT2D eigenvalue weighted by atomic mass is 10.0. The molecule has 0 spiro atoms. The van der Waals surface area contributed by atoms with Crippen LogP contribution in [0, 0.1) is 0 Å². The standard InChI is InChI=1S/C21H21ClN2O2/c22-18-9-7-17(8-10-18)21(26)24-14-12-19(13-15-24)23-20(25)11-6-16-4-2-1-3-5-16/h1-11,19H,12-15H2,(H,23,25)/b11-6+. The van der Waals surface area contributed by atoms with E-state index in [-0.39, 0.29) is 17.9 Å². The van der Waals surface area contributed by atoms with Crippen molar-refractivity contribution in [1.29, 1.82) is 0 Å². The number of rotatable bonds is 4. The number of amides is 2. The first kappa shape index (κ1) is 18.2. The highest BCUT2D eigenvalue weighted by atomic mass is 35.5. The largest absolute Gasteiger partial charge is 0.350 e. The molecule has 1 N–H and O–H groups in total. The maximum atomic E-state index is 12.5. The van der Waals surface area contributed by atoms with Crippen molar-refractivity contribution in [1.82, 2.24) is 10.2 Å². The highest BCUT2D eigenvalue weighted by Crippen LogP contribution is 2.16. The molecular weight excluding hydrogens is 348 g/mol. The first-order valence-corrected chi connectivity index (χ1v) is 9.08. The molecule has 0 saturated carbocycles. The van der Waals surface area contributed by atoms with Gasteiger partial charge in [-0.1, -0.05) is 41.9 Å². The topological polar surface area (TPSA) is 49.4 Å². The molecule has 2 aromatic rings. The molecule has 1 heterocycles. The molecule has 0 bridgehead atoms. The Morgan fingerprint density at radius 2 is 1.65 bits per heavy atom. The molecule has 0 radical (unpaired) electrons. The van der Waals surface area contributed by atoms with E-state index in [0.29, 0.717) is 23.7 Å². The van der Waals surface area contributed by atoms with Gasteiger partial charge in [-0.3, -0.25) is 9.59 Å². The second-order valence-electron chi connectivity index (χ2n) is 6.33. The van der Waals surface area contributed by atoms with Crippen molar-refractivity contribution in [2.45, 2.75) is 18.9 Å². The van der Waals surface area contributed by atoms with E-state index in [1.54, 1.807) is 36.4 Å². The van der Waals surface area contributed by atoms with Gasteiger partial charge in [-0.05, 0) is 48.7 Å². The molecule has 0 aliphatic carbocycles. The Morgan fingerprint density at radius 3 is 2.31 bits per heavy atom. The number of carbonyl (C=O) groups is 2. The normalized spacial score (nSPS) is 15.2. The molecule has 26 heavy (non-hydrogen) atoms. The van der Waals surface area contributed by atoms with Gasteiger partial charge in [0.2, 0.25) is 5.91 Å². The van der Waals surface area contributed by atoms with Crippen molar-refractivity contribution in [3.63, 3.8) is 0 Å². The van der Waals surface area contributed by atoms with E-state index in [1.165, 1.54) is 0 Å². The summed E-state index contributed by atoms with van der Waals surface area (Å²) in [6.45, 7) is 1.27. The number of hydrogen-bond donors (Lipinski definition) is 1. The number of piperidine rings is 1. The van der Waals surface area contributed by atoms with E-state index in [1.807, 2.05) is 35.2 Å². The molecule has 4 nitrogen and oxygen atoms in total. The van der Waals surface area contributed by atoms with Crippen LogP contribution in [0.25, 0.3) is 6.08 Å². The van der Waals surface area contributed by atoms with Gasteiger partial charge in [0.1, 0.15) is 0 Å². The number of benzene rings is 2. The summed E-state index contributed by atoms with van der Waals surface area (Å²) < 4.78 is 0. The summed E-state index contributed by atoms with van der Waals surface area (Å²) in [4.78, 5) is 26.4. The number of hydrogen-bond acceptors (Lipinski definition) is 2. The fourth-order valence-electron chi connectivity index (χ4n) is 2.99. The molecule has 0 atom stereocenters. The van der Waals surface area contributed by atoms with Crippen molar-refractivity contribution in [3.05, 3.63) is 76.8 Å². The SMILES string of the molecule is O=C(/C=C/c1ccccc1)NC1CCN(C(=O)c2ccc(Cl)cc2)CC1. The minimum absolute atomic E-state index is 0.00965. The van der Waals surface area contributed by atoms with Crippen LogP contribution in [0.3, 0.4) is 0 Å². The smallest absolute Gasteiger partial charge is 0.253 e. The number of nitrogens with one attached hydrogen (secondary N) is 1. The lowest BCUT2D eigenvalue weighted by molar-refractivity contribution is -0.117. The van der Waals surface area contributed by atoms with Crippen LogP contribution in [0.5, 0.6) is 0 Å². The van der Waals surface area contributed by atoms with Crippen LogP contribution >= 0.6 is 11.6 Å². The Hall–Kier alpha value is -2.59. The zero-order valence-electron chi connectivity index (χ0n) is 14.4. The van der Waals surface area contributed by atoms with E-state index >= 15 is 0 Å². The molecule has 2 aromatic carbocycles. The lowest BCUT2D eigenvalue weighted by Gasteiger charge is -2.32. The van der Waals surface area contributed by atoms with Gasteiger partial charge in [0, 0.05) is 35.8 Å². The van der Waals surface area contributed by atoms with Crippen molar-refractivity contribution in [2.75, 3.05) is 13.1 Å². The third kappa shape index (κ3) is 4.96. The number of nitrogens with zero attached hydrogens (tertiary/aromatic N) is 1. The summed E-state index contributed by atoms with van der Waals surface area (Å²) in [7, 11) is 0. The second-order valence-corrected chi connectivity index (χ2v) is 6.76. The van der Waals surface area contributed by atoms with E-state index in [2.05, 4.69) is 5.32 Å². The number of halogens is 1. The van der Waals surface area contributed by atoms with Gasteiger partial charge in [-0.2, -0.15) is 0 Å². The zero-order chi connectivity index (χ0) is 18.4. The molecule has 0 unspecified atom stereocenters. The summed E-state index contributed by atoms with van der Waals surface area (Å²) >= 11 is 5.86. The molecule has 2 amide bonds. The summed E-state index contributed by atoms with van der Waals surface area (Å²) in [5.41, 5.74) is 1.63. The van der Waals surface area contributed by atoms with E-state index in [4.69, 9.17) is 11.6 Å². The molecule has 1 aliphatic rings. The lowest BCUT2D eigenvalue weighted by Crippen LogP contribution is -2.46. The Balaban J connectivity index is 1.47. The van der Waals surface area contributed by atoms with Crippen molar-refractivity contribution < 1.29 is 9.59 Å². The van der Waals surface area contributed by atoms with E-state index in [0.717, 1.165) is 18.4 Å². The fraction of sp³-hybridized carbons (Fsp3) is 0.238. The minimum atomic E-state index is -0.101. The summed E-state index contributed by atoms with van der Waals surface area (Å²) in [6, 6.07) is 16.7. The molecule has 5 heteroatoms. The maximum absolute atomic E-state index is 12.5. The van der Waals surface area contributed by atoms with Gasteiger partial charge < -0.3 is 10.2 Å². The van der Waals surface area contributed by atoms with Crippen molar-refractivity contribution in [2.24, 2.45) is 0 Å². The highest BCUT2D eigenvalue weighted by Gasteiger charge is 2.24. The maximum Gasteiger partial charge on any atom is 0.253 e. The van der Waals surface area contributed by atoms with Gasteiger partial charge in [0.25, 0.3) is 5.91 Å². The van der Waals surface area contributed by atoms with Crippen LogP contribution in [0.1, 0.15) is 28.8 Å². The Labute approximate surface area is 158 Å². The van der Waals surface area contributed by atoms with Gasteiger partial charge in [0.05, 0.1) is 0 Å². The fourth-order valence-corrected chi connectivity index (χ4v) is 3.11. The van der Waals surface area contributed by atoms with Gasteiger partial charge in [0.15, 0.2) is 0 Å². The molecule has 1 fully saturated rings. The Bertz CT molecular complexity index is 779. The molecule has 134 valence electrons. The molecular formula is C21H21ClN2O2. The average molecular weight is 369 g/mol. The van der Waals surface area contributed by atoms with Crippen LogP contribution in [0.4, 0.5) is 0 Å². The third-order valence-electron chi connectivity index (χ3n) is 4.45. The van der Waals surface area contributed by atoms with Crippen molar-refractivity contribution >= 4 is 29.5 Å². The monoisotopic (exact) mass is 368 g/mol. The molecule has 1 saturated heterocycles. The predicted molar refractivity (Wildman–Crippen MR) is 104 cm³/mol. The first-order chi connectivity index (χ1) is 12.6. The van der Waals surface area contributed by atoms with Crippen LogP contribution in [-0.2, 0) is 4.79 Å². The van der Waals surface area contributed by atoms with E-state index in [9.17, 15) is 9.59 Å². The predicted octanol–water partition coefficient (Wildman–Crippen LogP) is 3.77. The highest BCUT2D eigenvalue weighted by molar-refractivity contribution is 6.30. The summed E-state index contributed by atoms with van der Waals surface area (Å²) in [5, 5.41) is 3.63. The quantitative estimate of drug-likeness (QED) is 0.835. The second kappa shape index (κ2) is 8.68. The van der Waals surface area contributed by atoms with E-state index < -0.39 is 0 Å². The molecule has 3 rings (SSSR count).